The molecule has 3 nitrogen and oxygen atoms in total. The highest BCUT2D eigenvalue weighted by molar-refractivity contribution is 6.10. The normalized spacial score (nSPS) is 14.0. The average molecular weight is 642 g/mol. The van der Waals surface area contributed by atoms with Gasteiger partial charge in [-0.1, -0.05) is 115 Å². The molecular formula is C47H35N3. The van der Waals surface area contributed by atoms with Crippen LogP contribution in [0, 0.1) is 0 Å². The Morgan fingerprint density at radius 2 is 1.12 bits per heavy atom. The molecule has 0 fully saturated rings. The largest absolute Gasteiger partial charge is 0.310 e. The Morgan fingerprint density at radius 1 is 0.460 bits per heavy atom. The van der Waals surface area contributed by atoms with Crippen molar-refractivity contribution in [3.63, 3.8) is 0 Å². The SMILES string of the molecule is C1=CC(n2c3c(c4cc(-c5ccc6c7ccccc7n(-c7cc(-c8ccccc8)nc(-c8ccccc8)c7)c6c5)ccc42)CCC=C3)=CCC1. The van der Waals surface area contributed by atoms with Crippen molar-refractivity contribution in [3.8, 4) is 39.3 Å². The highest BCUT2D eigenvalue weighted by atomic mass is 15.0. The maximum atomic E-state index is 5.18. The summed E-state index contributed by atoms with van der Waals surface area (Å²) in [7, 11) is 0. The highest BCUT2D eigenvalue weighted by Crippen LogP contribution is 2.40. The Kier molecular flexibility index (Phi) is 6.76. The van der Waals surface area contributed by atoms with Crippen molar-refractivity contribution in [1.82, 2.24) is 14.1 Å². The molecule has 0 aliphatic heterocycles. The molecule has 0 N–H and O–H groups in total. The average Bonchev–Trinajstić information content (AvgIpc) is 3.71. The summed E-state index contributed by atoms with van der Waals surface area (Å²) in [6.07, 6.45) is 16.0. The Morgan fingerprint density at radius 3 is 1.88 bits per heavy atom. The van der Waals surface area contributed by atoms with Crippen LogP contribution in [-0.4, -0.2) is 14.1 Å². The van der Waals surface area contributed by atoms with Crippen LogP contribution < -0.4 is 0 Å². The number of hydrogen-bond acceptors (Lipinski definition) is 1. The molecular weight excluding hydrogens is 607 g/mol. The molecule has 0 amide bonds. The van der Waals surface area contributed by atoms with Crippen molar-refractivity contribution in [1.29, 1.82) is 0 Å². The van der Waals surface area contributed by atoms with E-state index in [-0.39, 0.29) is 0 Å². The van der Waals surface area contributed by atoms with Gasteiger partial charge in [0.05, 0.1) is 33.6 Å². The number of nitrogens with zero attached hydrogens (tertiary/aromatic N) is 3. The first-order valence-corrected chi connectivity index (χ1v) is 17.7. The van der Waals surface area contributed by atoms with Crippen LogP contribution in [-0.2, 0) is 6.42 Å². The van der Waals surface area contributed by atoms with Gasteiger partial charge in [0.2, 0.25) is 0 Å². The molecule has 3 heterocycles. The second kappa shape index (κ2) is 11.7. The third-order valence-corrected chi connectivity index (χ3v) is 10.4. The Labute approximate surface area is 291 Å². The van der Waals surface area contributed by atoms with Gasteiger partial charge in [-0.05, 0) is 90.9 Å². The molecule has 3 aromatic heterocycles. The first-order chi connectivity index (χ1) is 24.8. The fourth-order valence-corrected chi connectivity index (χ4v) is 8.05. The van der Waals surface area contributed by atoms with E-state index < -0.39 is 0 Å². The molecule has 10 rings (SSSR count). The molecule has 50 heavy (non-hydrogen) atoms. The number of aromatic nitrogens is 3. The zero-order chi connectivity index (χ0) is 33.0. The van der Waals surface area contributed by atoms with Crippen LogP contribution in [0.1, 0.15) is 30.5 Å². The van der Waals surface area contributed by atoms with Gasteiger partial charge >= 0.3 is 0 Å². The van der Waals surface area contributed by atoms with Gasteiger partial charge < -0.3 is 9.13 Å². The molecule has 8 aromatic rings. The van der Waals surface area contributed by atoms with Crippen LogP contribution in [0.2, 0.25) is 0 Å². The lowest BCUT2D eigenvalue weighted by Crippen LogP contribution is -2.02. The second-order valence-electron chi connectivity index (χ2n) is 13.4. The van der Waals surface area contributed by atoms with Crippen LogP contribution in [0.4, 0.5) is 0 Å². The van der Waals surface area contributed by atoms with Crippen molar-refractivity contribution < 1.29 is 0 Å². The first-order valence-electron chi connectivity index (χ1n) is 17.7. The van der Waals surface area contributed by atoms with E-state index in [0.717, 1.165) is 53.9 Å². The zero-order valence-corrected chi connectivity index (χ0v) is 27.8. The Bertz CT molecular complexity index is 2630. The van der Waals surface area contributed by atoms with Crippen molar-refractivity contribution in [2.24, 2.45) is 0 Å². The van der Waals surface area contributed by atoms with E-state index in [2.05, 4.69) is 173 Å². The summed E-state index contributed by atoms with van der Waals surface area (Å²) in [4.78, 5) is 5.18. The van der Waals surface area contributed by atoms with E-state index in [4.69, 9.17) is 4.98 Å². The van der Waals surface area contributed by atoms with Gasteiger partial charge in [-0.2, -0.15) is 0 Å². The lowest BCUT2D eigenvalue weighted by Gasteiger charge is -2.15. The summed E-state index contributed by atoms with van der Waals surface area (Å²) in [6.45, 7) is 0. The molecule has 2 aliphatic rings. The fraction of sp³-hybridized carbons (Fsp3) is 0.0851. The molecule has 238 valence electrons. The predicted molar refractivity (Wildman–Crippen MR) is 210 cm³/mol. The van der Waals surface area contributed by atoms with E-state index in [1.807, 2.05) is 0 Å². The van der Waals surface area contributed by atoms with Crippen LogP contribution >= 0.6 is 0 Å². The number of rotatable bonds is 5. The van der Waals surface area contributed by atoms with Gasteiger partial charge in [0, 0.05) is 38.7 Å². The number of para-hydroxylation sites is 1. The zero-order valence-electron chi connectivity index (χ0n) is 27.8. The van der Waals surface area contributed by atoms with Gasteiger partial charge in [0.25, 0.3) is 0 Å². The topological polar surface area (TPSA) is 22.8 Å². The predicted octanol–water partition coefficient (Wildman–Crippen LogP) is 12.3. The van der Waals surface area contributed by atoms with E-state index in [1.165, 1.54) is 60.8 Å². The molecule has 0 bridgehead atoms. The summed E-state index contributed by atoms with van der Waals surface area (Å²) in [5.41, 5.74) is 15.4. The minimum Gasteiger partial charge on any atom is -0.310 e. The highest BCUT2D eigenvalue weighted by Gasteiger charge is 2.21. The van der Waals surface area contributed by atoms with Gasteiger partial charge in [-0.15, -0.1) is 0 Å². The van der Waals surface area contributed by atoms with Crippen molar-refractivity contribution in [3.05, 3.63) is 169 Å². The number of benzene rings is 5. The standard InChI is InChI=1S/C47H35N3/c1-4-14-32(15-5-1)42-30-37(31-43(48-42)33-16-6-2-7-17-33)50-44-22-12-10-20-38(44)40-26-24-35(29-47(40)50)34-25-27-46-41(28-34)39-21-11-13-23-45(39)49(46)36-18-8-3-9-19-36/h1-2,4-8,10,12-20,22-31H,3,9,11,21H2. The van der Waals surface area contributed by atoms with E-state index in [0.29, 0.717) is 0 Å². The molecule has 0 spiro atoms. The third-order valence-electron chi connectivity index (χ3n) is 10.4. The second-order valence-corrected chi connectivity index (χ2v) is 13.4. The van der Waals surface area contributed by atoms with Gasteiger partial charge in [0.1, 0.15) is 0 Å². The van der Waals surface area contributed by atoms with E-state index >= 15 is 0 Å². The van der Waals surface area contributed by atoms with Gasteiger partial charge in [-0.3, -0.25) is 0 Å². The summed E-state index contributed by atoms with van der Waals surface area (Å²) in [5.74, 6) is 0. The number of allylic oxidation sites excluding steroid dienone is 5. The summed E-state index contributed by atoms with van der Waals surface area (Å²) < 4.78 is 4.90. The van der Waals surface area contributed by atoms with E-state index in [1.54, 1.807) is 0 Å². The van der Waals surface area contributed by atoms with Crippen molar-refractivity contribution >= 4 is 44.5 Å². The Balaban J connectivity index is 1.19. The molecule has 5 aromatic carbocycles. The molecule has 0 atom stereocenters. The molecule has 3 heteroatoms. The molecule has 0 radical (unpaired) electrons. The smallest absolute Gasteiger partial charge is 0.0730 e. The molecule has 0 saturated carbocycles. The summed E-state index contributed by atoms with van der Waals surface area (Å²) in [5, 5.41) is 3.85. The molecule has 0 unspecified atom stereocenters. The minimum atomic E-state index is 0.959. The molecule has 0 saturated heterocycles. The van der Waals surface area contributed by atoms with Crippen LogP contribution in [0.5, 0.6) is 0 Å². The number of fused-ring (bicyclic) bond motifs is 6. The van der Waals surface area contributed by atoms with Gasteiger partial charge in [0.15, 0.2) is 0 Å². The summed E-state index contributed by atoms with van der Waals surface area (Å²) in [6, 6.07) is 48.3. The number of hydrogen-bond donors (Lipinski definition) is 0. The maximum Gasteiger partial charge on any atom is 0.0730 e. The van der Waals surface area contributed by atoms with Crippen LogP contribution in [0.3, 0.4) is 0 Å². The lowest BCUT2D eigenvalue weighted by molar-refractivity contribution is 0.963. The van der Waals surface area contributed by atoms with Crippen molar-refractivity contribution in [2.75, 3.05) is 0 Å². The van der Waals surface area contributed by atoms with Crippen LogP contribution in [0.25, 0.3) is 83.8 Å². The number of pyridine rings is 1. The lowest BCUT2D eigenvalue weighted by atomic mass is 9.97. The first kappa shape index (κ1) is 28.8. The monoisotopic (exact) mass is 641 g/mol. The third kappa shape index (κ3) is 4.69. The fourth-order valence-electron chi connectivity index (χ4n) is 8.05. The minimum absolute atomic E-state index is 0.959. The summed E-state index contributed by atoms with van der Waals surface area (Å²) >= 11 is 0. The van der Waals surface area contributed by atoms with E-state index in [9.17, 15) is 0 Å². The maximum absolute atomic E-state index is 5.18. The number of aryl methyl sites for hydroxylation is 1. The quantitative estimate of drug-likeness (QED) is 0.183. The Hall–Kier alpha value is -6.19. The molecule has 2 aliphatic carbocycles. The van der Waals surface area contributed by atoms with Gasteiger partial charge in [-0.25, -0.2) is 4.98 Å². The van der Waals surface area contributed by atoms with Crippen molar-refractivity contribution in [2.45, 2.75) is 25.7 Å². The van der Waals surface area contributed by atoms with Crippen LogP contribution in [0.15, 0.2) is 158 Å².